The van der Waals surface area contributed by atoms with Gasteiger partial charge < -0.3 is 4.57 Å². The molecule has 0 saturated carbocycles. The maximum Gasteiger partial charge on any atom is 0.194 e. The highest BCUT2D eigenvalue weighted by atomic mass is 32.1. The highest BCUT2D eigenvalue weighted by Crippen LogP contribution is 2.19. The molecule has 2 aromatic heterocycles. The zero-order chi connectivity index (χ0) is 11.4. The van der Waals surface area contributed by atoms with Crippen molar-refractivity contribution in [1.82, 2.24) is 9.55 Å². The zero-order valence-electron chi connectivity index (χ0n) is 8.16. The minimum absolute atomic E-state index is 0.0858. The molecule has 0 fully saturated rings. The van der Waals surface area contributed by atoms with Crippen LogP contribution in [0.3, 0.4) is 0 Å². The molecule has 0 amide bonds. The van der Waals surface area contributed by atoms with Gasteiger partial charge in [0.25, 0.3) is 0 Å². The number of thiazole rings is 1. The second kappa shape index (κ2) is 4.43. The number of hydrogen-bond donors (Lipinski definition) is 0. The van der Waals surface area contributed by atoms with Gasteiger partial charge >= 0.3 is 0 Å². The molecule has 2 heterocycles. The molecule has 0 aliphatic carbocycles. The van der Waals surface area contributed by atoms with Gasteiger partial charge in [0, 0.05) is 18.6 Å². The Morgan fingerprint density at radius 2 is 2.00 bits per heavy atom. The zero-order valence-corrected chi connectivity index (χ0v) is 8.98. The van der Waals surface area contributed by atoms with Crippen LogP contribution in [0.5, 0.6) is 0 Å². The number of rotatable bonds is 2. The standard InChI is InChI=1S/C11H6N4S/c12-6-9(7-13)5-10-8-14-11(16-10)15-3-1-2-4-15/h1-5,8H. The van der Waals surface area contributed by atoms with E-state index in [4.69, 9.17) is 10.5 Å². The fourth-order valence-corrected chi connectivity index (χ4v) is 1.98. The third-order valence-electron chi connectivity index (χ3n) is 1.86. The van der Waals surface area contributed by atoms with E-state index in [0.717, 1.165) is 10.0 Å². The average molecular weight is 226 g/mol. The van der Waals surface area contributed by atoms with E-state index >= 15 is 0 Å². The summed E-state index contributed by atoms with van der Waals surface area (Å²) in [5.74, 6) is 0. The highest BCUT2D eigenvalue weighted by molar-refractivity contribution is 7.14. The lowest BCUT2D eigenvalue weighted by Gasteiger charge is -1.92. The van der Waals surface area contributed by atoms with Crippen molar-refractivity contribution < 1.29 is 0 Å². The van der Waals surface area contributed by atoms with E-state index in [1.807, 2.05) is 41.2 Å². The third kappa shape index (κ3) is 2.00. The molecule has 0 N–H and O–H groups in total. The largest absolute Gasteiger partial charge is 0.300 e. The molecule has 4 nitrogen and oxygen atoms in total. The van der Waals surface area contributed by atoms with Gasteiger partial charge in [-0.1, -0.05) is 11.3 Å². The summed E-state index contributed by atoms with van der Waals surface area (Å²) in [6.45, 7) is 0. The lowest BCUT2D eigenvalue weighted by molar-refractivity contribution is 1.05. The van der Waals surface area contributed by atoms with Crippen LogP contribution in [0.4, 0.5) is 0 Å². The summed E-state index contributed by atoms with van der Waals surface area (Å²) in [6, 6.07) is 7.45. The Kier molecular flexibility index (Phi) is 2.81. The maximum atomic E-state index is 8.62. The predicted molar refractivity (Wildman–Crippen MR) is 60.6 cm³/mol. The van der Waals surface area contributed by atoms with Crippen molar-refractivity contribution in [3.8, 4) is 17.3 Å². The lowest BCUT2D eigenvalue weighted by atomic mass is 10.3. The summed E-state index contributed by atoms with van der Waals surface area (Å²) >= 11 is 1.42. The van der Waals surface area contributed by atoms with Crippen molar-refractivity contribution >= 4 is 17.4 Å². The van der Waals surface area contributed by atoms with Crippen molar-refractivity contribution in [1.29, 1.82) is 10.5 Å². The van der Waals surface area contributed by atoms with E-state index in [1.54, 1.807) is 6.20 Å². The molecule has 2 rings (SSSR count). The second-order valence-electron chi connectivity index (χ2n) is 2.92. The molecule has 0 bridgehead atoms. The van der Waals surface area contributed by atoms with E-state index in [0.29, 0.717) is 0 Å². The number of allylic oxidation sites excluding steroid dienone is 1. The first-order chi connectivity index (χ1) is 7.83. The average Bonchev–Trinajstić information content (AvgIpc) is 2.96. The monoisotopic (exact) mass is 226 g/mol. The van der Waals surface area contributed by atoms with Gasteiger partial charge in [-0.25, -0.2) is 4.98 Å². The first kappa shape index (κ1) is 10.2. The van der Waals surface area contributed by atoms with Crippen LogP contribution < -0.4 is 0 Å². The lowest BCUT2D eigenvalue weighted by Crippen LogP contribution is -1.85. The fraction of sp³-hybridized carbons (Fsp3) is 0. The van der Waals surface area contributed by atoms with E-state index in [9.17, 15) is 0 Å². The van der Waals surface area contributed by atoms with Crippen LogP contribution >= 0.6 is 11.3 Å². The molecule has 16 heavy (non-hydrogen) atoms. The summed E-state index contributed by atoms with van der Waals surface area (Å²) < 4.78 is 1.88. The molecule has 0 atom stereocenters. The molecule has 5 heteroatoms. The SMILES string of the molecule is N#CC(C#N)=Cc1cnc(-n2cccc2)s1. The van der Waals surface area contributed by atoms with Crippen molar-refractivity contribution in [3.05, 3.63) is 41.2 Å². The molecule has 76 valence electrons. The van der Waals surface area contributed by atoms with Gasteiger partial charge in [0.15, 0.2) is 5.13 Å². The van der Waals surface area contributed by atoms with Crippen molar-refractivity contribution in [2.75, 3.05) is 0 Å². The van der Waals surface area contributed by atoms with Crippen LogP contribution in [0.2, 0.25) is 0 Å². The van der Waals surface area contributed by atoms with Gasteiger partial charge in [-0.05, 0) is 18.2 Å². The molecular formula is C11H6N4S. The smallest absolute Gasteiger partial charge is 0.194 e. The molecular weight excluding hydrogens is 220 g/mol. The molecule has 0 aromatic carbocycles. The van der Waals surface area contributed by atoms with Crippen molar-refractivity contribution in [2.24, 2.45) is 0 Å². The highest BCUT2D eigenvalue weighted by Gasteiger charge is 2.02. The van der Waals surface area contributed by atoms with Crippen LogP contribution in [-0.2, 0) is 0 Å². The molecule has 0 aliphatic heterocycles. The molecule has 0 unspecified atom stereocenters. The van der Waals surface area contributed by atoms with E-state index < -0.39 is 0 Å². The van der Waals surface area contributed by atoms with Gasteiger partial charge in [-0.3, -0.25) is 0 Å². The number of nitrogens with zero attached hydrogens (tertiary/aromatic N) is 4. The molecule has 0 aliphatic rings. The summed E-state index contributed by atoms with van der Waals surface area (Å²) in [7, 11) is 0. The third-order valence-corrected chi connectivity index (χ3v) is 2.82. The van der Waals surface area contributed by atoms with Gasteiger partial charge in [-0.15, -0.1) is 0 Å². The van der Waals surface area contributed by atoms with Crippen LogP contribution in [0.15, 0.2) is 36.3 Å². The summed E-state index contributed by atoms with van der Waals surface area (Å²) in [6.07, 6.45) is 6.96. The molecule has 0 spiro atoms. The Balaban J connectivity index is 2.32. The van der Waals surface area contributed by atoms with Crippen LogP contribution in [-0.4, -0.2) is 9.55 Å². The van der Waals surface area contributed by atoms with Crippen LogP contribution in [0.25, 0.3) is 11.2 Å². The van der Waals surface area contributed by atoms with E-state index in [-0.39, 0.29) is 5.57 Å². The summed E-state index contributed by atoms with van der Waals surface area (Å²) in [5, 5.41) is 18.0. The normalized spacial score (nSPS) is 9.12. The quantitative estimate of drug-likeness (QED) is 0.738. The maximum absolute atomic E-state index is 8.62. The Morgan fingerprint density at radius 3 is 2.62 bits per heavy atom. The minimum Gasteiger partial charge on any atom is -0.300 e. The number of aromatic nitrogens is 2. The Bertz CT molecular complexity index is 577. The number of hydrogen-bond acceptors (Lipinski definition) is 4. The number of nitriles is 2. The Hall–Kier alpha value is -2.37. The fourth-order valence-electron chi connectivity index (χ4n) is 1.16. The Labute approximate surface area is 96.3 Å². The molecule has 0 saturated heterocycles. The second-order valence-corrected chi connectivity index (χ2v) is 3.96. The van der Waals surface area contributed by atoms with Crippen molar-refractivity contribution in [3.63, 3.8) is 0 Å². The summed E-state index contributed by atoms with van der Waals surface area (Å²) in [4.78, 5) is 4.99. The first-order valence-electron chi connectivity index (χ1n) is 4.44. The van der Waals surface area contributed by atoms with Gasteiger partial charge in [0.05, 0.1) is 4.88 Å². The summed E-state index contributed by atoms with van der Waals surface area (Å²) in [5.41, 5.74) is 0.0858. The molecule has 0 radical (unpaired) electrons. The van der Waals surface area contributed by atoms with Gasteiger partial charge in [-0.2, -0.15) is 10.5 Å². The van der Waals surface area contributed by atoms with Crippen molar-refractivity contribution in [2.45, 2.75) is 0 Å². The van der Waals surface area contributed by atoms with Crippen LogP contribution in [0.1, 0.15) is 4.88 Å². The van der Waals surface area contributed by atoms with Gasteiger partial charge in [0.2, 0.25) is 0 Å². The van der Waals surface area contributed by atoms with Crippen LogP contribution in [0, 0.1) is 22.7 Å². The predicted octanol–water partition coefficient (Wildman–Crippen LogP) is 2.36. The van der Waals surface area contributed by atoms with Gasteiger partial charge in [0.1, 0.15) is 17.7 Å². The van der Waals surface area contributed by atoms with E-state index in [2.05, 4.69) is 4.98 Å². The first-order valence-corrected chi connectivity index (χ1v) is 5.26. The molecule has 2 aromatic rings. The van der Waals surface area contributed by atoms with E-state index in [1.165, 1.54) is 17.4 Å². The topological polar surface area (TPSA) is 65.4 Å². The Morgan fingerprint density at radius 1 is 1.31 bits per heavy atom. The minimum atomic E-state index is 0.0858.